The normalized spacial score (nSPS) is 10.7. The van der Waals surface area contributed by atoms with Gasteiger partial charge in [0, 0.05) is 29.4 Å². The summed E-state index contributed by atoms with van der Waals surface area (Å²) >= 11 is 0. The smallest absolute Gasteiger partial charge is 0.253 e. The zero-order valence-corrected chi connectivity index (χ0v) is 11.6. The van der Waals surface area contributed by atoms with Crippen LogP contribution in [-0.2, 0) is 6.54 Å². The van der Waals surface area contributed by atoms with E-state index in [0.29, 0.717) is 17.9 Å². The highest BCUT2D eigenvalue weighted by atomic mass is 16.1. The van der Waals surface area contributed by atoms with Crippen LogP contribution in [0.15, 0.2) is 36.7 Å². The number of aromatic amines is 1. The maximum Gasteiger partial charge on any atom is 0.253 e. The van der Waals surface area contributed by atoms with Crippen molar-refractivity contribution in [3.05, 3.63) is 53.5 Å². The number of pyridine rings is 1. The van der Waals surface area contributed by atoms with E-state index in [2.05, 4.69) is 20.5 Å². The fourth-order valence-electron chi connectivity index (χ4n) is 2.22. The second kappa shape index (κ2) is 5.24. The van der Waals surface area contributed by atoms with Crippen molar-refractivity contribution in [3.63, 3.8) is 0 Å². The number of aryl methyl sites for hydroxylation is 1. The molecule has 0 bridgehead atoms. The third-order valence-corrected chi connectivity index (χ3v) is 3.44. The fourth-order valence-corrected chi connectivity index (χ4v) is 2.22. The zero-order chi connectivity index (χ0) is 14.8. The molecule has 0 aliphatic heterocycles. The van der Waals surface area contributed by atoms with Crippen LogP contribution in [0.2, 0.25) is 0 Å². The summed E-state index contributed by atoms with van der Waals surface area (Å²) < 4.78 is 0. The van der Waals surface area contributed by atoms with E-state index < -0.39 is 0 Å². The topological polar surface area (TPSA) is 96.7 Å². The van der Waals surface area contributed by atoms with Gasteiger partial charge in [0.1, 0.15) is 5.82 Å². The summed E-state index contributed by atoms with van der Waals surface area (Å²) in [7, 11) is 0. The maximum absolute atomic E-state index is 12.4. The standard InChI is InChI=1S/C15H15N5O/c1-9-10(7-19-20-9)6-18-15(21)13-8-17-14(16)12-5-3-2-4-11(12)13/h2-5,7-8H,6H2,1H3,(H2,16,17)(H,18,21)(H,19,20). The molecule has 21 heavy (non-hydrogen) atoms. The minimum Gasteiger partial charge on any atom is -0.383 e. The lowest BCUT2D eigenvalue weighted by molar-refractivity contribution is 0.0952. The molecule has 0 unspecified atom stereocenters. The summed E-state index contributed by atoms with van der Waals surface area (Å²) in [4.78, 5) is 16.4. The van der Waals surface area contributed by atoms with E-state index in [1.54, 1.807) is 6.20 Å². The van der Waals surface area contributed by atoms with Gasteiger partial charge in [0.15, 0.2) is 0 Å². The van der Waals surface area contributed by atoms with Crippen molar-refractivity contribution in [1.29, 1.82) is 0 Å². The summed E-state index contributed by atoms with van der Waals surface area (Å²) in [5, 5.41) is 11.2. The van der Waals surface area contributed by atoms with Crippen molar-refractivity contribution in [1.82, 2.24) is 20.5 Å². The number of nitrogens with one attached hydrogen (secondary N) is 2. The van der Waals surface area contributed by atoms with Crippen LogP contribution >= 0.6 is 0 Å². The number of nitrogens with zero attached hydrogens (tertiary/aromatic N) is 2. The van der Waals surface area contributed by atoms with E-state index in [1.807, 2.05) is 31.2 Å². The Bertz CT molecular complexity index is 809. The lowest BCUT2D eigenvalue weighted by Gasteiger charge is -2.08. The average Bonchev–Trinajstić information content (AvgIpc) is 2.91. The molecule has 2 heterocycles. The Morgan fingerprint density at radius 1 is 1.29 bits per heavy atom. The van der Waals surface area contributed by atoms with Gasteiger partial charge in [-0.25, -0.2) is 4.98 Å². The highest BCUT2D eigenvalue weighted by molar-refractivity contribution is 6.08. The zero-order valence-electron chi connectivity index (χ0n) is 11.6. The van der Waals surface area contributed by atoms with Crippen molar-refractivity contribution >= 4 is 22.5 Å². The van der Waals surface area contributed by atoms with Crippen LogP contribution in [0.4, 0.5) is 5.82 Å². The van der Waals surface area contributed by atoms with Crippen LogP contribution < -0.4 is 11.1 Å². The number of H-pyrrole nitrogens is 1. The number of carbonyl (C=O) groups is 1. The molecule has 0 saturated heterocycles. The molecule has 2 aromatic heterocycles. The van der Waals surface area contributed by atoms with E-state index in [1.165, 1.54) is 6.20 Å². The molecule has 3 rings (SSSR count). The summed E-state index contributed by atoms with van der Waals surface area (Å²) in [6.45, 7) is 2.33. The number of hydrogen-bond donors (Lipinski definition) is 3. The minimum absolute atomic E-state index is 0.181. The Labute approximate surface area is 121 Å². The first-order valence-corrected chi connectivity index (χ1v) is 6.57. The molecular weight excluding hydrogens is 266 g/mol. The molecule has 0 saturated carbocycles. The van der Waals surface area contributed by atoms with Crippen molar-refractivity contribution in [2.45, 2.75) is 13.5 Å². The molecule has 1 aromatic carbocycles. The molecule has 1 amide bonds. The third kappa shape index (κ3) is 2.43. The van der Waals surface area contributed by atoms with Gasteiger partial charge < -0.3 is 11.1 Å². The van der Waals surface area contributed by atoms with Crippen molar-refractivity contribution in [3.8, 4) is 0 Å². The molecule has 6 heteroatoms. The number of anilines is 1. The number of amides is 1. The van der Waals surface area contributed by atoms with E-state index in [0.717, 1.165) is 22.0 Å². The SMILES string of the molecule is Cc1[nH]ncc1CNC(=O)c1cnc(N)c2ccccc12. The Kier molecular flexibility index (Phi) is 3.27. The van der Waals surface area contributed by atoms with E-state index in [9.17, 15) is 4.79 Å². The number of benzene rings is 1. The van der Waals surface area contributed by atoms with Crippen LogP contribution in [0.1, 0.15) is 21.6 Å². The first-order valence-electron chi connectivity index (χ1n) is 6.57. The number of aromatic nitrogens is 3. The number of hydrogen-bond acceptors (Lipinski definition) is 4. The predicted molar refractivity (Wildman–Crippen MR) is 80.7 cm³/mol. The number of rotatable bonds is 3. The van der Waals surface area contributed by atoms with Crippen LogP contribution in [0.5, 0.6) is 0 Å². The Morgan fingerprint density at radius 2 is 2.05 bits per heavy atom. The Balaban J connectivity index is 1.88. The second-order valence-electron chi connectivity index (χ2n) is 4.81. The second-order valence-corrected chi connectivity index (χ2v) is 4.81. The largest absolute Gasteiger partial charge is 0.383 e. The molecule has 6 nitrogen and oxygen atoms in total. The van der Waals surface area contributed by atoms with E-state index >= 15 is 0 Å². The Hall–Kier alpha value is -2.89. The summed E-state index contributed by atoms with van der Waals surface area (Å²) in [5.74, 6) is 0.243. The van der Waals surface area contributed by atoms with Gasteiger partial charge in [0.25, 0.3) is 5.91 Å². The van der Waals surface area contributed by atoms with Crippen molar-refractivity contribution < 1.29 is 4.79 Å². The fraction of sp³-hybridized carbons (Fsp3) is 0.133. The van der Waals surface area contributed by atoms with Gasteiger partial charge in [-0.2, -0.15) is 5.10 Å². The first kappa shape index (κ1) is 13.1. The van der Waals surface area contributed by atoms with Gasteiger partial charge in [-0.15, -0.1) is 0 Å². The monoisotopic (exact) mass is 281 g/mol. The Morgan fingerprint density at radius 3 is 2.76 bits per heavy atom. The molecule has 0 aliphatic carbocycles. The lowest BCUT2D eigenvalue weighted by atomic mass is 10.1. The third-order valence-electron chi connectivity index (χ3n) is 3.44. The van der Waals surface area contributed by atoms with E-state index in [4.69, 9.17) is 5.73 Å². The van der Waals surface area contributed by atoms with Gasteiger partial charge in [-0.3, -0.25) is 9.89 Å². The van der Waals surface area contributed by atoms with Crippen molar-refractivity contribution in [2.24, 2.45) is 0 Å². The summed E-state index contributed by atoms with van der Waals surface area (Å²) in [6, 6.07) is 7.47. The van der Waals surface area contributed by atoms with E-state index in [-0.39, 0.29) is 5.91 Å². The average molecular weight is 281 g/mol. The molecule has 4 N–H and O–H groups in total. The van der Waals surface area contributed by atoms with Gasteiger partial charge in [0.05, 0.1) is 11.8 Å². The highest BCUT2D eigenvalue weighted by Crippen LogP contribution is 2.22. The number of fused-ring (bicyclic) bond motifs is 1. The van der Waals surface area contributed by atoms with Gasteiger partial charge in [0.2, 0.25) is 0 Å². The summed E-state index contributed by atoms with van der Waals surface area (Å²) in [5.41, 5.74) is 8.25. The quantitative estimate of drug-likeness (QED) is 0.681. The van der Waals surface area contributed by atoms with Gasteiger partial charge >= 0.3 is 0 Å². The van der Waals surface area contributed by atoms with Crippen molar-refractivity contribution in [2.75, 3.05) is 5.73 Å². The lowest BCUT2D eigenvalue weighted by Crippen LogP contribution is -2.23. The minimum atomic E-state index is -0.181. The first-order chi connectivity index (χ1) is 10.2. The summed E-state index contributed by atoms with van der Waals surface area (Å²) in [6.07, 6.45) is 3.21. The van der Waals surface area contributed by atoms with Crippen LogP contribution in [0.3, 0.4) is 0 Å². The molecule has 0 spiro atoms. The van der Waals surface area contributed by atoms with Crippen LogP contribution in [0.25, 0.3) is 10.8 Å². The molecule has 106 valence electrons. The van der Waals surface area contributed by atoms with Crippen LogP contribution in [0, 0.1) is 6.92 Å². The van der Waals surface area contributed by atoms with Gasteiger partial charge in [-0.1, -0.05) is 24.3 Å². The molecule has 0 atom stereocenters. The maximum atomic E-state index is 12.4. The molecule has 0 fully saturated rings. The predicted octanol–water partition coefficient (Wildman–Crippen LogP) is 1.78. The highest BCUT2D eigenvalue weighted by Gasteiger charge is 2.12. The van der Waals surface area contributed by atoms with Gasteiger partial charge in [-0.05, 0) is 12.3 Å². The number of nitrogens with two attached hydrogens (primary N) is 1. The molecule has 0 aliphatic rings. The number of nitrogen functional groups attached to an aromatic ring is 1. The molecule has 0 radical (unpaired) electrons. The number of carbonyl (C=O) groups excluding carboxylic acids is 1. The molecule has 3 aromatic rings. The van der Waals surface area contributed by atoms with Crippen LogP contribution in [-0.4, -0.2) is 21.1 Å². The molecular formula is C15H15N5O.